The summed E-state index contributed by atoms with van der Waals surface area (Å²) in [5.41, 5.74) is 2.74. The molecule has 0 radical (unpaired) electrons. The van der Waals surface area contributed by atoms with E-state index in [0.717, 1.165) is 11.1 Å². The van der Waals surface area contributed by atoms with Crippen molar-refractivity contribution in [3.05, 3.63) is 71.3 Å². The number of rotatable bonds is 11. The van der Waals surface area contributed by atoms with Crippen molar-refractivity contribution >= 4 is 29.8 Å². The Balaban J connectivity index is 1.98. The van der Waals surface area contributed by atoms with Gasteiger partial charge in [-0.05, 0) is 42.0 Å². The van der Waals surface area contributed by atoms with Gasteiger partial charge in [0.05, 0.1) is 48.3 Å². The summed E-state index contributed by atoms with van der Waals surface area (Å²) in [4.78, 5) is 12.9. The third-order valence-electron chi connectivity index (χ3n) is 5.52. The molecule has 0 bridgehead atoms. The lowest BCUT2D eigenvalue weighted by Crippen LogP contribution is -2.11. The molecule has 0 aliphatic heterocycles. The highest BCUT2D eigenvalue weighted by Crippen LogP contribution is 2.41. The van der Waals surface area contributed by atoms with Crippen LogP contribution in [0.2, 0.25) is 0 Å². The molecule has 0 saturated heterocycles. The summed E-state index contributed by atoms with van der Waals surface area (Å²) in [7, 11) is 9.31. The van der Waals surface area contributed by atoms with Crippen molar-refractivity contribution in [2.75, 3.05) is 48.0 Å². The van der Waals surface area contributed by atoms with Crippen molar-refractivity contribution in [3.8, 4) is 34.5 Å². The van der Waals surface area contributed by atoms with Crippen LogP contribution in [0.25, 0.3) is 18.2 Å². The van der Waals surface area contributed by atoms with Crippen LogP contribution in [0.4, 0.5) is 5.69 Å². The zero-order valence-electron chi connectivity index (χ0n) is 21.8. The monoisotopic (exact) mass is 505 g/mol. The molecule has 37 heavy (non-hydrogen) atoms. The first-order chi connectivity index (χ1) is 18.0. The average Bonchev–Trinajstić information content (AvgIpc) is 2.94. The van der Waals surface area contributed by atoms with Crippen LogP contribution in [-0.2, 0) is 4.79 Å². The van der Waals surface area contributed by atoms with E-state index in [9.17, 15) is 4.79 Å². The van der Waals surface area contributed by atoms with Crippen LogP contribution in [0, 0.1) is 0 Å². The largest absolute Gasteiger partial charge is 0.496 e. The maximum Gasteiger partial charge on any atom is 0.248 e. The Labute approximate surface area is 217 Å². The summed E-state index contributed by atoms with van der Waals surface area (Å²) in [6, 6.07) is 14.7. The van der Waals surface area contributed by atoms with Crippen LogP contribution in [0.3, 0.4) is 0 Å². The predicted molar refractivity (Wildman–Crippen MR) is 145 cm³/mol. The van der Waals surface area contributed by atoms with Gasteiger partial charge in [-0.25, -0.2) is 0 Å². The lowest BCUT2D eigenvalue weighted by molar-refractivity contribution is -0.111. The van der Waals surface area contributed by atoms with E-state index < -0.39 is 0 Å². The van der Waals surface area contributed by atoms with Gasteiger partial charge in [0, 0.05) is 17.2 Å². The number of amides is 1. The Morgan fingerprint density at radius 3 is 1.84 bits per heavy atom. The second-order valence-corrected chi connectivity index (χ2v) is 7.62. The molecule has 0 aromatic heterocycles. The van der Waals surface area contributed by atoms with E-state index in [0.29, 0.717) is 45.7 Å². The molecule has 0 fully saturated rings. The summed E-state index contributed by atoms with van der Waals surface area (Å²) in [6.07, 6.45) is 6.84. The quantitative estimate of drug-likeness (QED) is 0.270. The summed E-state index contributed by atoms with van der Waals surface area (Å²) in [5, 5.41) is 2.92. The van der Waals surface area contributed by atoms with E-state index in [1.807, 2.05) is 54.6 Å². The number of para-hydroxylation sites is 1. The first-order valence-electron chi connectivity index (χ1n) is 11.3. The third-order valence-corrected chi connectivity index (χ3v) is 5.52. The lowest BCUT2D eigenvalue weighted by Gasteiger charge is -2.16. The minimum absolute atomic E-state index is 0.347. The molecule has 3 aromatic carbocycles. The van der Waals surface area contributed by atoms with E-state index in [1.165, 1.54) is 20.3 Å². The molecule has 0 aliphatic rings. The Kier molecular flexibility index (Phi) is 9.43. The van der Waals surface area contributed by atoms with Crippen LogP contribution >= 0.6 is 0 Å². The summed E-state index contributed by atoms with van der Waals surface area (Å²) < 4.78 is 32.7. The van der Waals surface area contributed by atoms with E-state index >= 15 is 0 Å². The Hall–Kier alpha value is -4.59. The first kappa shape index (κ1) is 27.0. The number of carbonyl (C=O) groups excluding carboxylic acids is 1. The number of hydrogen-bond donors (Lipinski definition) is 1. The first-order valence-corrected chi connectivity index (χ1v) is 11.3. The van der Waals surface area contributed by atoms with E-state index in [2.05, 4.69) is 5.32 Å². The van der Waals surface area contributed by atoms with Crippen molar-refractivity contribution in [1.29, 1.82) is 0 Å². The average molecular weight is 506 g/mol. The zero-order valence-corrected chi connectivity index (χ0v) is 21.8. The highest BCUT2D eigenvalue weighted by molar-refractivity contribution is 6.05. The minimum Gasteiger partial charge on any atom is -0.496 e. The van der Waals surface area contributed by atoms with Crippen molar-refractivity contribution in [2.24, 2.45) is 0 Å². The summed E-state index contributed by atoms with van der Waals surface area (Å²) in [6.45, 7) is 0. The maximum atomic E-state index is 12.9. The molecule has 0 heterocycles. The van der Waals surface area contributed by atoms with Gasteiger partial charge in [0.1, 0.15) is 5.75 Å². The highest BCUT2D eigenvalue weighted by Gasteiger charge is 2.16. The molecule has 8 nitrogen and oxygen atoms in total. The number of carbonyl (C=O) groups is 1. The van der Waals surface area contributed by atoms with Crippen molar-refractivity contribution in [2.45, 2.75) is 0 Å². The Morgan fingerprint density at radius 1 is 0.622 bits per heavy atom. The minimum atomic E-state index is -0.347. The molecule has 0 saturated carbocycles. The van der Waals surface area contributed by atoms with E-state index in [-0.39, 0.29) is 5.91 Å². The van der Waals surface area contributed by atoms with Crippen LogP contribution in [0.15, 0.2) is 54.6 Å². The van der Waals surface area contributed by atoms with Crippen molar-refractivity contribution in [1.82, 2.24) is 0 Å². The molecule has 3 rings (SSSR count). The number of anilines is 1. The highest BCUT2D eigenvalue weighted by atomic mass is 16.5. The predicted octanol–water partition coefficient (Wildman–Crippen LogP) is 5.56. The molecule has 0 aliphatic carbocycles. The number of nitrogens with one attached hydrogen (secondary N) is 1. The van der Waals surface area contributed by atoms with Gasteiger partial charge in [-0.3, -0.25) is 4.79 Å². The smallest absolute Gasteiger partial charge is 0.248 e. The fraction of sp³-hybridized carbons (Fsp3) is 0.207. The van der Waals surface area contributed by atoms with Gasteiger partial charge in [0.2, 0.25) is 11.7 Å². The Morgan fingerprint density at radius 2 is 1.24 bits per heavy atom. The summed E-state index contributed by atoms with van der Waals surface area (Å²) in [5.74, 6) is 2.76. The molecule has 194 valence electrons. The second kappa shape index (κ2) is 12.9. The van der Waals surface area contributed by atoms with Gasteiger partial charge in [-0.15, -0.1) is 0 Å². The van der Waals surface area contributed by atoms with E-state index in [4.69, 9.17) is 28.4 Å². The molecule has 0 atom stereocenters. The van der Waals surface area contributed by atoms with Gasteiger partial charge in [-0.1, -0.05) is 30.4 Å². The number of ether oxygens (including phenoxy) is 6. The fourth-order valence-corrected chi connectivity index (χ4v) is 3.73. The SMILES string of the molecule is COc1ccccc1/C=C/C(=O)Nc1c(/C=C/c2cc(OC)c(OC)c(OC)c2)ccc(OC)c1OC. The molecule has 0 spiro atoms. The normalized spacial score (nSPS) is 10.9. The zero-order chi connectivity index (χ0) is 26.8. The van der Waals surface area contributed by atoms with Gasteiger partial charge in [-0.2, -0.15) is 0 Å². The molecular weight excluding hydrogens is 474 g/mol. The number of methoxy groups -OCH3 is 6. The van der Waals surface area contributed by atoms with Crippen LogP contribution < -0.4 is 33.7 Å². The Bertz CT molecular complexity index is 1270. The van der Waals surface area contributed by atoms with Crippen molar-refractivity contribution in [3.63, 3.8) is 0 Å². The molecule has 1 amide bonds. The van der Waals surface area contributed by atoms with Gasteiger partial charge in [0.25, 0.3) is 0 Å². The van der Waals surface area contributed by atoms with Crippen LogP contribution in [0.5, 0.6) is 34.5 Å². The number of benzene rings is 3. The van der Waals surface area contributed by atoms with Crippen LogP contribution in [-0.4, -0.2) is 48.6 Å². The van der Waals surface area contributed by atoms with E-state index in [1.54, 1.807) is 40.6 Å². The second-order valence-electron chi connectivity index (χ2n) is 7.62. The molecule has 8 heteroatoms. The van der Waals surface area contributed by atoms with Gasteiger partial charge >= 0.3 is 0 Å². The van der Waals surface area contributed by atoms with Gasteiger partial charge < -0.3 is 33.7 Å². The molecular formula is C29H31NO7. The van der Waals surface area contributed by atoms with Crippen LogP contribution in [0.1, 0.15) is 16.7 Å². The molecule has 0 unspecified atom stereocenters. The fourth-order valence-electron chi connectivity index (χ4n) is 3.73. The summed E-state index contributed by atoms with van der Waals surface area (Å²) >= 11 is 0. The molecule has 1 N–H and O–H groups in total. The van der Waals surface area contributed by atoms with Gasteiger partial charge in [0.15, 0.2) is 23.0 Å². The molecule has 3 aromatic rings. The lowest BCUT2D eigenvalue weighted by atomic mass is 10.1. The third kappa shape index (κ3) is 6.35. The number of hydrogen-bond acceptors (Lipinski definition) is 7. The topological polar surface area (TPSA) is 84.5 Å². The maximum absolute atomic E-state index is 12.9. The van der Waals surface area contributed by atoms with Crippen molar-refractivity contribution < 1.29 is 33.2 Å². The standard InChI is InChI=1S/C29H31NO7/c1-32-22-10-8-7-9-20(22)14-16-26(31)30-27-21(13-15-23(33-2)29(27)37-6)12-11-19-17-24(34-3)28(36-5)25(18-19)35-4/h7-18H,1-6H3,(H,30,31)/b12-11+,16-14+.